The maximum Gasteiger partial charge on any atom is 0.328 e. The van der Waals surface area contributed by atoms with Crippen LogP contribution in [0.5, 0.6) is 0 Å². The summed E-state index contributed by atoms with van der Waals surface area (Å²) in [5.41, 5.74) is 2.73. The lowest BCUT2D eigenvalue weighted by atomic mass is 10.1. The zero-order chi connectivity index (χ0) is 17.1. The first-order valence-corrected chi connectivity index (χ1v) is 7.31. The van der Waals surface area contributed by atoms with Crippen LogP contribution in [0.15, 0.2) is 18.2 Å². The monoisotopic (exact) mass is 322 g/mol. The number of aliphatic carboxylic acids is 1. The molecule has 124 valence electrons. The van der Waals surface area contributed by atoms with Crippen LogP contribution in [0.3, 0.4) is 0 Å². The highest BCUT2D eigenvalue weighted by atomic mass is 19.1. The van der Waals surface area contributed by atoms with Gasteiger partial charge in [-0.1, -0.05) is 12.1 Å². The first kappa shape index (κ1) is 16.9. The quantitative estimate of drug-likeness (QED) is 0.853. The SMILES string of the molecule is Cc1cccc(N2CC(C(=O)NC(CF)C(=O)O)CC2=O)c1C. The van der Waals surface area contributed by atoms with Gasteiger partial charge in [0.1, 0.15) is 6.67 Å². The molecule has 2 N–H and O–H groups in total. The van der Waals surface area contributed by atoms with E-state index in [4.69, 9.17) is 5.11 Å². The lowest BCUT2D eigenvalue weighted by molar-refractivity contribution is -0.142. The van der Waals surface area contributed by atoms with Crippen molar-refractivity contribution >= 4 is 23.5 Å². The molecule has 23 heavy (non-hydrogen) atoms. The third kappa shape index (κ3) is 3.49. The summed E-state index contributed by atoms with van der Waals surface area (Å²) in [5, 5.41) is 10.9. The molecule has 1 aliphatic heterocycles. The number of carboxylic acid groups (broad SMARTS) is 1. The van der Waals surface area contributed by atoms with E-state index in [1.807, 2.05) is 32.0 Å². The number of amides is 2. The molecule has 1 heterocycles. The molecule has 0 spiro atoms. The summed E-state index contributed by atoms with van der Waals surface area (Å²) in [6, 6.07) is 4.00. The molecule has 7 heteroatoms. The summed E-state index contributed by atoms with van der Waals surface area (Å²) in [5.74, 6) is -2.94. The fraction of sp³-hybridized carbons (Fsp3) is 0.438. The second kappa shape index (κ2) is 6.76. The Morgan fingerprint density at radius 1 is 1.43 bits per heavy atom. The molecule has 0 aliphatic carbocycles. The van der Waals surface area contributed by atoms with Crippen molar-refractivity contribution in [1.82, 2.24) is 5.32 Å². The average Bonchev–Trinajstić information content (AvgIpc) is 2.89. The molecular weight excluding hydrogens is 303 g/mol. The average molecular weight is 322 g/mol. The maximum atomic E-state index is 12.6. The zero-order valence-electron chi connectivity index (χ0n) is 13.0. The van der Waals surface area contributed by atoms with E-state index >= 15 is 0 Å². The zero-order valence-corrected chi connectivity index (χ0v) is 13.0. The van der Waals surface area contributed by atoms with Crippen molar-refractivity contribution in [3.8, 4) is 0 Å². The van der Waals surface area contributed by atoms with E-state index in [0.717, 1.165) is 16.8 Å². The van der Waals surface area contributed by atoms with Gasteiger partial charge in [0, 0.05) is 18.7 Å². The number of halogens is 1. The van der Waals surface area contributed by atoms with Gasteiger partial charge in [-0.2, -0.15) is 0 Å². The van der Waals surface area contributed by atoms with E-state index in [0.29, 0.717) is 0 Å². The van der Waals surface area contributed by atoms with Crippen LogP contribution in [0, 0.1) is 19.8 Å². The highest BCUT2D eigenvalue weighted by Gasteiger charge is 2.37. The second-order valence-corrected chi connectivity index (χ2v) is 5.68. The van der Waals surface area contributed by atoms with Crippen molar-refractivity contribution in [1.29, 1.82) is 0 Å². The normalized spacial score (nSPS) is 18.8. The van der Waals surface area contributed by atoms with E-state index in [1.54, 1.807) is 0 Å². The third-order valence-electron chi connectivity index (χ3n) is 4.13. The van der Waals surface area contributed by atoms with Crippen LogP contribution in [0.4, 0.5) is 10.1 Å². The van der Waals surface area contributed by atoms with E-state index in [9.17, 15) is 18.8 Å². The maximum absolute atomic E-state index is 12.6. The summed E-state index contributed by atoms with van der Waals surface area (Å²) in [6.45, 7) is 2.80. The number of nitrogens with one attached hydrogen (secondary N) is 1. The molecule has 0 aromatic heterocycles. The molecular formula is C16H19FN2O4. The van der Waals surface area contributed by atoms with Crippen LogP contribution < -0.4 is 10.2 Å². The Morgan fingerprint density at radius 2 is 2.13 bits per heavy atom. The van der Waals surface area contributed by atoms with Gasteiger partial charge in [0.25, 0.3) is 0 Å². The van der Waals surface area contributed by atoms with E-state index in [-0.39, 0.29) is 18.9 Å². The van der Waals surface area contributed by atoms with Gasteiger partial charge in [-0.3, -0.25) is 9.59 Å². The Hall–Kier alpha value is -2.44. The molecule has 6 nitrogen and oxygen atoms in total. The Bertz CT molecular complexity index is 647. The summed E-state index contributed by atoms with van der Waals surface area (Å²) < 4.78 is 12.6. The number of hydrogen-bond donors (Lipinski definition) is 2. The number of benzene rings is 1. The number of alkyl halides is 1. The molecule has 2 atom stereocenters. The molecule has 0 radical (unpaired) electrons. The highest BCUT2D eigenvalue weighted by molar-refractivity contribution is 6.01. The standard InChI is InChI=1S/C16H19FN2O4/c1-9-4-3-5-13(10(9)2)19-8-11(6-14(19)20)15(21)18-12(7-17)16(22)23/h3-5,11-12H,6-8H2,1-2H3,(H,18,21)(H,22,23). The van der Waals surface area contributed by atoms with Crippen LogP contribution >= 0.6 is 0 Å². The summed E-state index contributed by atoms with van der Waals surface area (Å²) in [7, 11) is 0. The number of nitrogens with zero attached hydrogens (tertiary/aromatic N) is 1. The van der Waals surface area contributed by atoms with Gasteiger partial charge in [-0.25, -0.2) is 9.18 Å². The van der Waals surface area contributed by atoms with Crippen molar-refractivity contribution in [2.45, 2.75) is 26.3 Å². The Kier molecular flexibility index (Phi) is 4.98. The van der Waals surface area contributed by atoms with E-state index in [1.165, 1.54) is 4.90 Å². The Labute approximate surface area is 133 Å². The van der Waals surface area contributed by atoms with E-state index < -0.39 is 30.5 Å². The molecule has 1 saturated heterocycles. The third-order valence-corrected chi connectivity index (χ3v) is 4.13. The second-order valence-electron chi connectivity index (χ2n) is 5.68. The predicted molar refractivity (Wildman–Crippen MR) is 81.9 cm³/mol. The van der Waals surface area contributed by atoms with Crippen LogP contribution in [0.25, 0.3) is 0 Å². The van der Waals surface area contributed by atoms with Crippen LogP contribution in [-0.2, 0) is 14.4 Å². The number of aryl methyl sites for hydroxylation is 1. The van der Waals surface area contributed by atoms with Crippen molar-refractivity contribution in [3.63, 3.8) is 0 Å². The summed E-state index contributed by atoms with van der Waals surface area (Å²) in [4.78, 5) is 36.6. The number of hydrogen-bond acceptors (Lipinski definition) is 3. The van der Waals surface area contributed by atoms with Gasteiger partial charge >= 0.3 is 5.97 Å². The van der Waals surface area contributed by atoms with Crippen molar-refractivity contribution in [2.75, 3.05) is 18.1 Å². The number of anilines is 1. The van der Waals surface area contributed by atoms with Gasteiger partial charge in [-0.05, 0) is 31.0 Å². The molecule has 1 aromatic carbocycles. The van der Waals surface area contributed by atoms with Crippen LogP contribution in [0.1, 0.15) is 17.5 Å². The minimum Gasteiger partial charge on any atom is -0.480 e. The summed E-state index contributed by atoms with van der Waals surface area (Å²) >= 11 is 0. The molecule has 1 aromatic rings. The fourth-order valence-corrected chi connectivity index (χ4v) is 2.60. The highest BCUT2D eigenvalue weighted by Crippen LogP contribution is 2.29. The van der Waals surface area contributed by atoms with Gasteiger partial charge in [-0.15, -0.1) is 0 Å². The van der Waals surface area contributed by atoms with Gasteiger partial charge in [0.15, 0.2) is 6.04 Å². The minimum absolute atomic E-state index is 0.0160. The fourth-order valence-electron chi connectivity index (χ4n) is 2.60. The molecule has 1 fully saturated rings. The van der Waals surface area contributed by atoms with Crippen LogP contribution in [-0.4, -0.2) is 42.2 Å². The van der Waals surface area contributed by atoms with Crippen molar-refractivity contribution in [2.24, 2.45) is 5.92 Å². The predicted octanol–water partition coefficient (Wildman–Crippen LogP) is 1.20. The van der Waals surface area contributed by atoms with E-state index in [2.05, 4.69) is 5.32 Å². The van der Waals surface area contributed by atoms with Crippen molar-refractivity contribution < 1.29 is 23.9 Å². The Balaban J connectivity index is 2.12. The van der Waals surface area contributed by atoms with Gasteiger partial charge in [0.2, 0.25) is 11.8 Å². The first-order chi connectivity index (χ1) is 10.8. The molecule has 0 bridgehead atoms. The number of carboxylic acids is 1. The smallest absolute Gasteiger partial charge is 0.328 e. The summed E-state index contributed by atoms with van der Waals surface area (Å²) in [6.07, 6.45) is -0.0160. The lowest BCUT2D eigenvalue weighted by Gasteiger charge is -2.20. The van der Waals surface area contributed by atoms with Gasteiger partial charge in [0.05, 0.1) is 5.92 Å². The number of rotatable bonds is 5. The molecule has 2 unspecified atom stereocenters. The topological polar surface area (TPSA) is 86.7 Å². The minimum atomic E-state index is -1.58. The number of carbonyl (C=O) groups is 3. The Morgan fingerprint density at radius 3 is 2.74 bits per heavy atom. The first-order valence-electron chi connectivity index (χ1n) is 7.31. The molecule has 2 rings (SSSR count). The number of carbonyl (C=O) groups excluding carboxylic acids is 2. The lowest BCUT2D eigenvalue weighted by Crippen LogP contribution is -2.45. The molecule has 2 amide bonds. The van der Waals surface area contributed by atoms with Gasteiger partial charge < -0.3 is 15.3 Å². The molecule has 1 aliphatic rings. The largest absolute Gasteiger partial charge is 0.480 e. The van der Waals surface area contributed by atoms with Crippen molar-refractivity contribution in [3.05, 3.63) is 29.3 Å². The van der Waals surface area contributed by atoms with Crippen LogP contribution in [0.2, 0.25) is 0 Å². The molecule has 0 saturated carbocycles.